The van der Waals surface area contributed by atoms with Crippen molar-refractivity contribution in [3.63, 3.8) is 0 Å². The second-order valence-corrected chi connectivity index (χ2v) is 7.93. The summed E-state index contributed by atoms with van der Waals surface area (Å²) in [6, 6.07) is 11.0. The summed E-state index contributed by atoms with van der Waals surface area (Å²) in [5.74, 6) is -0.304. The molecule has 0 aliphatic rings. The van der Waals surface area contributed by atoms with Gasteiger partial charge in [0.25, 0.3) is 5.69 Å². The number of carbonyl (C=O) groups is 1. The first-order chi connectivity index (χ1) is 13.3. The molecular weight excluding hydrogens is 376 g/mol. The summed E-state index contributed by atoms with van der Waals surface area (Å²) in [4.78, 5) is 29.9. The van der Waals surface area contributed by atoms with Gasteiger partial charge >= 0.3 is 0 Å². The Hall–Kier alpha value is -2.84. The molecule has 1 atom stereocenters. The molecule has 0 saturated carbocycles. The summed E-state index contributed by atoms with van der Waals surface area (Å²) in [6.45, 7) is 5.75. The number of aryl methyl sites for hydroxylation is 2. The van der Waals surface area contributed by atoms with Crippen LogP contribution in [0.4, 0.5) is 11.4 Å². The Bertz CT molecular complexity index is 1010. The van der Waals surface area contributed by atoms with Crippen LogP contribution in [0.3, 0.4) is 0 Å². The van der Waals surface area contributed by atoms with Gasteiger partial charge in [-0.1, -0.05) is 12.1 Å². The Labute approximate surface area is 167 Å². The zero-order valence-corrected chi connectivity index (χ0v) is 17.0. The largest absolute Gasteiger partial charge is 0.319 e. The molecule has 146 valence electrons. The van der Waals surface area contributed by atoms with Crippen molar-refractivity contribution < 1.29 is 9.72 Å². The van der Waals surface area contributed by atoms with Crippen LogP contribution in [0, 0.1) is 24.0 Å². The fourth-order valence-electron chi connectivity index (χ4n) is 2.86. The molecule has 0 fully saturated rings. The number of benzene rings is 2. The number of rotatable bonds is 6. The molecule has 1 N–H and O–H groups in total. The van der Waals surface area contributed by atoms with Gasteiger partial charge < -0.3 is 5.32 Å². The molecule has 0 aliphatic heterocycles. The maximum Gasteiger partial charge on any atom is 0.293 e. The van der Waals surface area contributed by atoms with Crippen LogP contribution in [-0.4, -0.2) is 34.3 Å². The van der Waals surface area contributed by atoms with Crippen LogP contribution in [0.5, 0.6) is 0 Å². The van der Waals surface area contributed by atoms with Crippen molar-refractivity contribution in [2.75, 3.05) is 18.9 Å². The number of para-hydroxylation sites is 1. The minimum atomic E-state index is -0.477. The molecule has 3 rings (SSSR count). The van der Waals surface area contributed by atoms with Crippen molar-refractivity contribution in [1.29, 1.82) is 0 Å². The molecule has 1 heterocycles. The fourth-order valence-corrected chi connectivity index (χ4v) is 3.95. The van der Waals surface area contributed by atoms with Gasteiger partial charge in [0.1, 0.15) is 10.7 Å². The average molecular weight is 398 g/mol. The molecule has 2 aromatic carbocycles. The Morgan fingerprint density at radius 2 is 1.96 bits per heavy atom. The first-order valence-electron chi connectivity index (χ1n) is 8.87. The Morgan fingerprint density at radius 3 is 2.64 bits per heavy atom. The van der Waals surface area contributed by atoms with Crippen LogP contribution in [0.1, 0.15) is 29.1 Å². The van der Waals surface area contributed by atoms with E-state index >= 15 is 0 Å². The number of hydrogen-bond donors (Lipinski definition) is 1. The third kappa shape index (κ3) is 4.18. The second-order valence-electron chi connectivity index (χ2n) is 6.87. The quantitative estimate of drug-likeness (QED) is 0.489. The number of nitro groups is 1. The number of nitro benzene ring substituents is 1. The number of fused-ring (bicyclic) bond motifs is 1. The van der Waals surface area contributed by atoms with Crippen molar-refractivity contribution in [2.45, 2.75) is 26.8 Å². The minimum Gasteiger partial charge on any atom is -0.319 e. The monoisotopic (exact) mass is 398 g/mol. The SMILES string of the molecule is Cc1cc(NC(=O)CN(C)[C@H](C)c2nc3ccccc3s2)c([N+](=O)[O-])cc1C. The normalized spacial score (nSPS) is 12.3. The average Bonchev–Trinajstić information content (AvgIpc) is 3.07. The number of thiazole rings is 1. The van der Waals surface area contributed by atoms with E-state index in [1.807, 2.05) is 50.1 Å². The lowest BCUT2D eigenvalue weighted by atomic mass is 10.1. The summed E-state index contributed by atoms with van der Waals surface area (Å²) < 4.78 is 1.10. The molecule has 0 unspecified atom stereocenters. The Kier molecular flexibility index (Phi) is 5.71. The molecule has 0 saturated heterocycles. The number of likely N-dealkylation sites (N-methyl/N-ethyl adjacent to an activating group) is 1. The van der Waals surface area contributed by atoms with E-state index < -0.39 is 4.92 Å². The van der Waals surface area contributed by atoms with E-state index in [1.54, 1.807) is 24.3 Å². The van der Waals surface area contributed by atoms with Crippen molar-refractivity contribution >= 4 is 38.8 Å². The van der Waals surface area contributed by atoms with Crippen molar-refractivity contribution in [3.8, 4) is 0 Å². The van der Waals surface area contributed by atoms with E-state index in [0.29, 0.717) is 0 Å². The molecule has 0 aliphatic carbocycles. The zero-order chi connectivity index (χ0) is 20.4. The fraction of sp³-hybridized carbons (Fsp3) is 0.300. The molecule has 1 amide bonds. The predicted octanol–water partition coefficient (Wildman–Crippen LogP) is 4.45. The first kappa shape index (κ1) is 19.9. The molecule has 0 radical (unpaired) electrons. The van der Waals surface area contributed by atoms with Gasteiger partial charge in [-0.2, -0.15) is 0 Å². The molecule has 0 bridgehead atoms. The number of nitrogens with zero attached hydrogens (tertiary/aromatic N) is 3. The summed E-state index contributed by atoms with van der Waals surface area (Å²) in [5.41, 5.74) is 2.76. The van der Waals surface area contributed by atoms with Gasteiger partial charge in [-0.05, 0) is 57.1 Å². The van der Waals surface area contributed by atoms with Gasteiger partial charge in [-0.25, -0.2) is 4.98 Å². The predicted molar refractivity (Wildman–Crippen MR) is 112 cm³/mol. The highest BCUT2D eigenvalue weighted by Gasteiger charge is 2.21. The lowest BCUT2D eigenvalue weighted by Gasteiger charge is -2.22. The van der Waals surface area contributed by atoms with Gasteiger partial charge in [0, 0.05) is 6.07 Å². The lowest BCUT2D eigenvalue weighted by Crippen LogP contribution is -2.32. The van der Waals surface area contributed by atoms with Crippen LogP contribution >= 0.6 is 11.3 Å². The molecular formula is C20H22N4O3S. The van der Waals surface area contributed by atoms with Crippen molar-refractivity contribution in [2.24, 2.45) is 0 Å². The molecule has 0 spiro atoms. The summed E-state index contributed by atoms with van der Waals surface area (Å²) in [6.07, 6.45) is 0. The third-order valence-corrected chi connectivity index (χ3v) is 6.01. The molecule has 3 aromatic rings. The number of aromatic nitrogens is 1. The standard InChI is InChI=1S/C20H22N4O3S/c1-12-9-16(17(24(26)27)10-13(12)2)21-19(25)11-23(4)14(3)20-22-15-7-5-6-8-18(15)28-20/h5-10,14H,11H2,1-4H3,(H,21,25)/t14-/m1/s1. The van der Waals surface area contributed by atoms with E-state index in [4.69, 9.17) is 0 Å². The van der Waals surface area contributed by atoms with Gasteiger partial charge in [0.15, 0.2) is 0 Å². The van der Waals surface area contributed by atoms with Crippen molar-refractivity contribution in [3.05, 3.63) is 62.6 Å². The summed E-state index contributed by atoms with van der Waals surface area (Å²) in [7, 11) is 1.84. The van der Waals surface area contributed by atoms with Gasteiger partial charge in [0.2, 0.25) is 5.91 Å². The second kappa shape index (κ2) is 8.04. The summed E-state index contributed by atoms with van der Waals surface area (Å²) in [5, 5.41) is 14.9. The van der Waals surface area contributed by atoms with E-state index in [1.165, 1.54) is 6.07 Å². The molecule has 1 aromatic heterocycles. The smallest absolute Gasteiger partial charge is 0.293 e. The molecule has 28 heavy (non-hydrogen) atoms. The maximum absolute atomic E-state index is 12.5. The number of amides is 1. The molecule has 7 nitrogen and oxygen atoms in total. The lowest BCUT2D eigenvalue weighted by molar-refractivity contribution is -0.384. The van der Waals surface area contributed by atoms with Crippen molar-refractivity contribution in [1.82, 2.24) is 9.88 Å². The van der Waals surface area contributed by atoms with Gasteiger partial charge in [-0.3, -0.25) is 19.8 Å². The van der Waals surface area contributed by atoms with Crippen LogP contribution < -0.4 is 5.32 Å². The third-order valence-electron chi connectivity index (χ3n) is 4.80. The maximum atomic E-state index is 12.5. The summed E-state index contributed by atoms with van der Waals surface area (Å²) >= 11 is 1.60. The van der Waals surface area contributed by atoms with Crippen LogP contribution in [0.25, 0.3) is 10.2 Å². The highest BCUT2D eigenvalue weighted by Crippen LogP contribution is 2.30. The van der Waals surface area contributed by atoms with E-state index in [9.17, 15) is 14.9 Å². The van der Waals surface area contributed by atoms with Gasteiger partial charge in [0.05, 0.1) is 27.7 Å². The first-order valence-corrected chi connectivity index (χ1v) is 9.69. The van der Waals surface area contributed by atoms with Crippen LogP contribution in [-0.2, 0) is 4.79 Å². The highest BCUT2D eigenvalue weighted by atomic mass is 32.1. The number of anilines is 1. The van der Waals surface area contributed by atoms with E-state index in [2.05, 4.69) is 10.3 Å². The minimum absolute atomic E-state index is 0.0575. The number of carbonyl (C=O) groups excluding carboxylic acids is 1. The van der Waals surface area contributed by atoms with E-state index in [-0.39, 0.29) is 29.9 Å². The zero-order valence-electron chi connectivity index (χ0n) is 16.2. The number of hydrogen-bond acceptors (Lipinski definition) is 6. The van der Waals surface area contributed by atoms with Gasteiger partial charge in [-0.15, -0.1) is 11.3 Å². The van der Waals surface area contributed by atoms with E-state index in [0.717, 1.165) is 26.4 Å². The Morgan fingerprint density at radius 1 is 1.29 bits per heavy atom. The van der Waals surface area contributed by atoms with Crippen LogP contribution in [0.2, 0.25) is 0 Å². The number of nitrogens with one attached hydrogen (secondary N) is 1. The molecule has 8 heteroatoms. The topological polar surface area (TPSA) is 88.4 Å². The highest BCUT2D eigenvalue weighted by molar-refractivity contribution is 7.18. The van der Waals surface area contributed by atoms with Crippen LogP contribution in [0.15, 0.2) is 36.4 Å². The Balaban J connectivity index is 1.72.